The molecule has 4 aromatic carbocycles. The van der Waals surface area contributed by atoms with Crippen LogP contribution in [0.3, 0.4) is 0 Å². The van der Waals surface area contributed by atoms with Gasteiger partial charge in [0.1, 0.15) is 23.0 Å². The van der Waals surface area contributed by atoms with Crippen molar-refractivity contribution in [3.63, 3.8) is 0 Å². The Morgan fingerprint density at radius 1 is 0.316 bits per heavy atom. The summed E-state index contributed by atoms with van der Waals surface area (Å²) in [6, 6.07) is 39.9. The molecule has 0 unspecified atom stereocenters. The maximum absolute atomic E-state index is 10.4. The number of benzene rings is 4. The largest absolute Gasteiger partial charge is 0.508 e. The van der Waals surface area contributed by atoms with Gasteiger partial charge in [0, 0.05) is 44.3 Å². The highest BCUT2D eigenvalue weighted by Gasteiger charge is 2.19. The third kappa shape index (κ3) is 14.1. The van der Waals surface area contributed by atoms with Gasteiger partial charge in [0.2, 0.25) is 0 Å². The first-order valence-corrected chi connectivity index (χ1v) is 28.7. The van der Waals surface area contributed by atoms with Crippen molar-refractivity contribution < 1.29 is 19.7 Å². The van der Waals surface area contributed by atoms with E-state index in [1.54, 1.807) is 24.3 Å². The van der Waals surface area contributed by atoms with Crippen LogP contribution in [-0.4, -0.2) is 43.4 Å². The average molecular weight is 1020 g/mol. The van der Waals surface area contributed by atoms with Crippen LogP contribution in [0.25, 0.3) is 90.9 Å². The van der Waals surface area contributed by atoms with E-state index in [1.165, 1.54) is 116 Å². The van der Waals surface area contributed by atoms with E-state index < -0.39 is 0 Å². The fourth-order valence-corrected chi connectivity index (χ4v) is 10.7. The third-order valence-corrected chi connectivity index (χ3v) is 14.9. The monoisotopic (exact) mass is 1010 g/mol. The van der Waals surface area contributed by atoms with Crippen LogP contribution in [-0.2, 0) is 0 Å². The molecule has 8 heteroatoms. The lowest BCUT2D eigenvalue weighted by Gasteiger charge is -2.09. The van der Waals surface area contributed by atoms with Gasteiger partial charge in [-0.3, -0.25) is 0 Å². The summed E-state index contributed by atoms with van der Waals surface area (Å²) in [5.41, 5.74) is 14.2. The first-order chi connectivity index (χ1) is 37.4. The predicted octanol–water partition coefficient (Wildman–Crippen LogP) is 19.3. The number of hydrogen-bond donors (Lipinski definition) is 4. The van der Waals surface area contributed by atoms with Crippen molar-refractivity contribution in [1.82, 2.24) is 19.9 Å². The molecule has 4 N–H and O–H groups in total. The minimum atomic E-state index is 0.191. The van der Waals surface area contributed by atoms with Crippen LogP contribution in [0.15, 0.2) is 121 Å². The number of nitrogens with zero attached hydrogens (tertiary/aromatic N) is 2. The van der Waals surface area contributed by atoms with Crippen LogP contribution in [0.5, 0.6) is 23.0 Å². The SMILES string of the molecule is CCCCCCCCCCCCOc1ccc(-c2c3nc(c(-c4ccc(OCCCCCCCCCCCC)cc4)c4ccc([nH]4)c(-c4ccc(O)cc4)c4nc(c(-c5ccc(O)cc5)c5ccc2[nH]5)C=C4)C=C3)cc1. The van der Waals surface area contributed by atoms with Crippen molar-refractivity contribution in [2.75, 3.05) is 13.2 Å². The number of phenols is 2. The molecular formula is C68H78N4O4. The van der Waals surface area contributed by atoms with Crippen LogP contribution >= 0.6 is 0 Å². The predicted molar refractivity (Wildman–Crippen MR) is 319 cm³/mol. The van der Waals surface area contributed by atoms with Crippen LogP contribution in [0.4, 0.5) is 0 Å². The van der Waals surface area contributed by atoms with E-state index in [4.69, 9.17) is 19.4 Å². The van der Waals surface area contributed by atoms with Crippen molar-refractivity contribution in [3.05, 3.63) is 144 Å². The van der Waals surface area contributed by atoms with Crippen LogP contribution in [0.1, 0.15) is 165 Å². The minimum Gasteiger partial charge on any atom is -0.508 e. The van der Waals surface area contributed by atoms with Gasteiger partial charge in [-0.25, -0.2) is 9.97 Å². The molecule has 394 valence electrons. The lowest BCUT2D eigenvalue weighted by molar-refractivity contribution is 0.304. The fourth-order valence-electron chi connectivity index (χ4n) is 10.7. The Morgan fingerprint density at radius 3 is 0.842 bits per heavy atom. The summed E-state index contributed by atoms with van der Waals surface area (Å²) >= 11 is 0. The fraction of sp³-hybridized carbons (Fsp3) is 0.353. The molecule has 76 heavy (non-hydrogen) atoms. The highest BCUT2D eigenvalue weighted by atomic mass is 16.5. The van der Waals surface area contributed by atoms with Gasteiger partial charge in [-0.2, -0.15) is 0 Å². The van der Waals surface area contributed by atoms with Gasteiger partial charge in [0.25, 0.3) is 0 Å². The molecule has 8 nitrogen and oxygen atoms in total. The van der Waals surface area contributed by atoms with Crippen molar-refractivity contribution in [3.8, 4) is 67.5 Å². The average Bonchev–Trinajstić information content (AvgIpc) is 4.31. The van der Waals surface area contributed by atoms with E-state index >= 15 is 0 Å². The van der Waals surface area contributed by atoms with Gasteiger partial charge < -0.3 is 29.7 Å². The number of unbranched alkanes of at least 4 members (excludes halogenated alkanes) is 18. The highest BCUT2D eigenvalue weighted by molar-refractivity contribution is 6.00. The van der Waals surface area contributed by atoms with Gasteiger partial charge in [-0.05, 0) is 132 Å². The Balaban J connectivity index is 1.08. The zero-order chi connectivity index (χ0) is 52.3. The molecule has 9 rings (SSSR count). The summed E-state index contributed by atoms with van der Waals surface area (Å²) in [7, 11) is 0. The van der Waals surface area contributed by atoms with E-state index in [9.17, 15) is 10.2 Å². The van der Waals surface area contributed by atoms with E-state index in [0.29, 0.717) is 13.2 Å². The second-order valence-corrected chi connectivity index (χ2v) is 20.7. The molecule has 2 aliphatic rings. The number of aromatic nitrogens is 4. The number of H-pyrrole nitrogens is 2. The molecule has 0 amide bonds. The normalized spacial score (nSPS) is 11.9. The van der Waals surface area contributed by atoms with E-state index in [2.05, 4.69) is 121 Å². The maximum Gasteiger partial charge on any atom is 0.119 e. The molecule has 0 radical (unpaired) electrons. The Labute approximate surface area is 451 Å². The van der Waals surface area contributed by atoms with Crippen molar-refractivity contribution in [1.29, 1.82) is 0 Å². The topological polar surface area (TPSA) is 116 Å². The van der Waals surface area contributed by atoms with Crippen LogP contribution in [0.2, 0.25) is 0 Å². The number of fused-ring (bicyclic) bond motifs is 8. The molecule has 0 spiro atoms. The molecule has 0 aliphatic carbocycles. The quantitative estimate of drug-likeness (QED) is 0.0363. The molecule has 7 aromatic rings. The van der Waals surface area contributed by atoms with Crippen LogP contribution in [0, 0.1) is 0 Å². The lowest BCUT2D eigenvalue weighted by Crippen LogP contribution is -1.97. The van der Waals surface area contributed by atoms with E-state index in [0.717, 1.165) is 114 Å². The van der Waals surface area contributed by atoms with Gasteiger partial charge in [0.15, 0.2) is 0 Å². The Kier molecular flexibility index (Phi) is 19.3. The standard InChI is InChI=1S/C68H78N4O4/c1-3-5-7-9-11-13-15-17-19-21-47-75-55-35-27-51(28-36-55)67-61-43-41-59(70-61)65(49-23-31-53(73)32-24-49)57-39-40-58(69-57)66(50-25-33-54(74)34-26-50)60-42-44-62(71-60)68(64-46-45-63(67)72-64)52-29-37-56(38-30-52)76-48-22-20-18-16-14-12-10-8-6-4-2/h23-46,70-71,73-74H,3-22,47-48H2,1-2H3. The maximum atomic E-state index is 10.4. The highest BCUT2D eigenvalue weighted by Crippen LogP contribution is 2.39. The van der Waals surface area contributed by atoms with E-state index in [-0.39, 0.29) is 11.5 Å². The summed E-state index contributed by atoms with van der Waals surface area (Å²) in [5.74, 6) is 2.10. The first-order valence-electron chi connectivity index (χ1n) is 28.7. The number of aromatic amines is 2. The number of nitrogens with one attached hydrogen (secondary N) is 2. The van der Waals surface area contributed by atoms with Gasteiger partial charge in [0.05, 0.1) is 36.0 Å². The molecule has 2 aliphatic heterocycles. The van der Waals surface area contributed by atoms with Crippen molar-refractivity contribution in [2.24, 2.45) is 0 Å². The van der Waals surface area contributed by atoms with Gasteiger partial charge in [-0.15, -0.1) is 0 Å². The number of ether oxygens (including phenoxy) is 2. The number of aromatic hydroxyl groups is 2. The minimum absolute atomic E-state index is 0.191. The van der Waals surface area contributed by atoms with Gasteiger partial charge >= 0.3 is 0 Å². The zero-order valence-corrected chi connectivity index (χ0v) is 45.0. The third-order valence-electron chi connectivity index (χ3n) is 14.9. The molecule has 5 heterocycles. The molecule has 0 saturated heterocycles. The summed E-state index contributed by atoms with van der Waals surface area (Å²) in [4.78, 5) is 18.5. The first kappa shape index (κ1) is 53.5. The molecule has 0 fully saturated rings. The van der Waals surface area contributed by atoms with Gasteiger partial charge in [-0.1, -0.05) is 178 Å². The van der Waals surface area contributed by atoms with Crippen molar-refractivity contribution in [2.45, 2.75) is 142 Å². The summed E-state index contributed by atoms with van der Waals surface area (Å²) in [5, 5.41) is 20.8. The zero-order valence-electron chi connectivity index (χ0n) is 45.0. The molecular weight excluding hydrogens is 937 g/mol. The Bertz CT molecular complexity index is 2970. The summed E-state index contributed by atoms with van der Waals surface area (Å²) < 4.78 is 12.6. The second-order valence-electron chi connectivity index (χ2n) is 20.7. The van der Waals surface area contributed by atoms with Crippen LogP contribution < -0.4 is 9.47 Å². The molecule has 0 saturated carbocycles. The van der Waals surface area contributed by atoms with Crippen molar-refractivity contribution >= 4 is 46.4 Å². The summed E-state index contributed by atoms with van der Waals surface area (Å²) in [6.07, 6.45) is 34.2. The molecule has 3 aromatic heterocycles. The number of rotatable bonds is 28. The lowest BCUT2D eigenvalue weighted by atomic mass is 10.0. The van der Waals surface area contributed by atoms with E-state index in [1.807, 2.05) is 24.3 Å². The molecule has 8 bridgehead atoms. The Hall–Kier alpha value is -7.32. The Morgan fingerprint density at radius 2 is 0.566 bits per heavy atom. The smallest absolute Gasteiger partial charge is 0.119 e. The number of hydrogen-bond acceptors (Lipinski definition) is 6. The summed E-state index contributed by atoms with van der Waals surface area (Å²) in [6.45, 7) is 5.95. The number of phenolic OH excluding ortho intramolecular Hbond substituents is 2. The second kappa shape index (κ2) is 27.5. The molecule has 0 atom stereocenters.